The van der Waals surface area contributed by atoms with E-state index in [2.05, 4.69) is 48.5 Å². The molecule has 17 nitrogen and oxygen atoms in total. The van der Waals surface area contributed by atoms with Gasteiger partial charge in [-0.25, -0.2) is 9.13 Å². The van der Waals surface area contributed by atoms with E-state index in [1.54, 1.807) is 0 Å². The molecule has 7 atom stereocenters. The summed E-state index contributed by atoms with van der Waals surface area (Å²) in [7, 11) is -9.92. The van der Waals surface area contributed by atoms with Crippen molar-refractivity contribution < 1.29 is 80.2 Å². The van der Waals surface area contributed by atoms with E-state index in [0.717, 1.165) is 114 Å². The van der Waals surface area contributed by atoms with Crippen molar-refractivity contribution in [2.45, 2.75) is 433 Å². The van der Waals surface area contributed by atoms with E-state index in [1.807, 2.05) is 0 Å². The molecule has 0 aliphatic heterocycles. The van der Waals surface area contributed by atoms with Crippen LogP contribution < -0.4 is 0 Å². The first-order valence-electron chi connectivity index (χ1n) is 41.4. The summed E-state index contributed by atoms with van der Waals surface area (Å²) in [6, 6.07) is 0. The van der Waals surface area contributed by atoms with Crippen LogP contribution in [-0.4, -0.2) is 96.7 Å². The summed E-state index contributed by atoms with van der Waals surface area (Å²) < 4.78 is 68.7. The van der Waals surface area contributed by atoms with E-state index in [4.69, 9.17) is 37.0 Å². The maximum Gasteiger partial charge on any atom is 0.472 e. The monoisotopic (exact) mass is 1450 g/mol. The first-order chi connectivity index (χ1) is 47.8. The van der Waals surface area contributed by atoms with Crippen LogP contribution in [0.5, 0.6) is 0 Å². The number of rotatable bonds is 78. The molecule has 0 spiro atoms. The van der Waals surface area contributed by atoms with E-state index in [-0.39, 0.29) is 25.7 Å². The van der Waals surface area contributed by atoms with Gasteiger partial charge in [-0.2, -0.15) is 0 Å². The molecule has 4 unspecified atom stereocenters. The van der Waals surface area contributed by atoms with Crippen LogP contribution >= 0.6 is 15.6 Å². The molecule has 0 aromatic heterocycles. The minimum atomic E-state index is -4.96. The van der Waals surface area contributed by atoms with Gasteiger partial charge in [0.1, 0.15) is 19.3 Å². The number of hydrogen-bond donors (Lipinski definition) is 3. The predicted octanol–water partition coefficient (Wildman–Crippen LogP) is 23.7. The smallest absolute Gasteiger partial charge is 0.462 e. The van der Waals surface area contributed by atoms with Crippen LogP contribution in [0.3, 0.4) is 0 Å². The Bertz CT molecular complexity index is 1930. The third-order valence-corrected chi connectivity index (χ3v) is 21.3. The molecule has 0 aliphatic carbocycles. The topological polar surface area (TPSA) is 237 Å². The Morgan fingerprint density at radius 3 is 0.768 bits per heavy atom. The molecule has 588 valence electrons. The standard InChI is InChI=1S/C80H156O17P2/c1-8-11-12-13-14-15-16-17-18-19-20-21-22-27-30-35-40-49-56-63-79(84)96-75(67-90-77(82)61-54-47-39-34-29-26-24-23-25-28-33-38-45-52-59-72(6)9-2)69-94-98(86,87)92-65-74(81)66-93-99(88,89)95-70-76(68-91-78(83)62-55-48-43-42-46-53-60-73(7)10-3)97-80(85)64-57-50-41-36-31-32-37-44-51-58-71(4)5/h71-76,81H,8-70H2,1-7H3,(H,86,87)(H,88,89)/t72?,73?,74-,75-,76-/m1/s1. The largest absolute Gasteiger partial charge is 0.472 e. The molecule has 0 saturated carbocycles. The normalized spacial score (nSPS) is 14.5. The Hall–Kier alpha value is -1.94. The number of ether oxygens (including phenoxy) is 4. The molecule has 0 rings (SSSR count). The molecule has 0 aliphatic rings. The lowest BCUT2D eigenvalue weighted by molar-refractivity contribution is -0.161. The number of aliphatic hydroxyl groups is 1. The summed E-state index contributed by atoms with van der Waals surface area (Å²) in [5.41, 5.74) is 0. The van der Waals surface area contributed by atoms with Crippen molar-refractivity contribution in [3.05, 3.63) is 0 Å². The number of carbonyl (C=O) groups is 4. The van der Waals surface area contributed by atoms with Gasteiger partial charge in [-0.3, -0.25) is 37.3 Å². The van der Waals surface area contributed by atoms with Gasteiger partial charge in [0.05, 0.1) is 26.4 Å². The van der Waals surface area contributed by atoms with Crippen molar-refractivity contribution in [3.63, 3.8) is 0 Å². The van der Waals surface area contributed by atoms with Crippen molar-refractivity contribution in [3.8, 4) is 0 Å². The molecule has 19 heteroatoms. The third kappa shape index (κ3) is 71.5. The lowest BCUT2D eigenvalue weighted by atomic mass is 9.99. The molecule has 0 saturated heterocycles. The molecule has 0 amide bonds. The van der Waals surface area contributed by atoms with E-state index < -0.39 is 97.5 Å². The summed E-state index contributed by atoms with van der Waals surface area (Å²) >= 11 is 0. The van der Waals surface area contributed by atoms with E-state index >= 15 is 0 Å². The fourth-order valence-corrected chi connectivity index (χ4v) is 13.8. The number of aliphatic hydroxyl groups excluding tert-OH is 1. The SMILES string of the molecule is CCCCCCCCCCCCCCCCCCCCCC(=O)O[C@H](COC(=O)CCCCCCCCCCCCCCCCC(C)CC)COP(=O)(O)OC[C@@H](O)COP(=O)(O)OC[C@@H](COC(=O)CCCCCCCCC(C)CC)OC(=O)CCCCCCCCCCCC(C)C. The van der Waals surface area contributed by atoms with Gasteiger partial charge in [0, 0.05) is 25.7 Å². The lowest BCUT2D eigenvalue weighted by Crippen LogP contribution is -2.30. The van der Waals surface area contributed by atoms with Gasteiger partial charge in [0.25, 0.3) is 0 Å². The van der Waals surface area contributed by atoms with Gasteiger partial charge >= 0.3 is 39.5 Å². The molecule has 0 radical (unpaired) electrons. The minimum Gasteiger partial charge on any atom is -0.462 e. The van der Waals surface area contributed by atoms with Crippen molar-refractivity contribution in [2.75, 3.05) is 39.6 Å². The van der Waals surface area contributed by atoms with Gasteiger partial charge in [0.2, 0.25) is 0 Å². The van der Waals surface area contributed by atoms with E-state index in [0.29, 0.717) is 25.7 Å². The summed E-state index contributed by atoms with van der Waals surface area (Å²) in [4.78, 5) is 73.0. The Labute approximate surface area is 607 Å². The number of esters is 4. The van der Waals surface area contributed by atoms with Crippen LogP contribution in [0.1, 0.15) is 414 Å². The molecule has 99 heavy (non-hydrogen) atoms. The van der Waals surface area contributed by atoms with Gasteiger partial charge in [-0.1, -0.05) is 363 Å². The van der Waals surface area contributed by atoms with Crippen LogP contribution in [0.15, 0.2) is 0 Å². The highest BCUT2D eigenvalue weighted by Crippen LogP contribution is 2.45. The summed E-state index contributed by atoms with van der Waals surface area (Å²) in [6.07, 6.45) is 58.3. The van der Waals surface area contributed by atoms with Crippen LogP contribution in [0.4, 0.5) is 0 Å². The fourth-order valence-electron chi connectivity index (χ4n) is 12.2. The summed E-state index contributed by atoms with van der Waals surface area (Å²) in [6.45, 7) is 11.9. The zero-order chi connectivity index (χ0) is 73.0. The highest BCUT2D eigenvalue weighted by Gasteiger charge is 2.30. The third-order valence-electron chi connectivity index (χ3n) is 19.4. The maximum absolute atomic E-state index is 13.1. The lowest BCUT2D eigenvalue weighted by Gasteiger charge is -2.21. The number of hydrogen-bond acceptors (Lipinski definition) is 15. The van der Waals surface area contributed by atoms with Gasteiger partial charge < -0.3 is 33.8 Å². The van der Waals surface area contributed by atoms with Gasteiger partial charge in [0.15, 0.2) is 12.2 Å². The van der Waals surface area contributed by atoms with E-state index in [1.165, 1.54) is 218 Å². The molecule has 0 aromatic carbocycles. The number of phosphoric ester groups is 2. The average Bonchev–Trinajstić information content (AvgIpc) is 1.08. The van der Waals surface area contributed by atoms with Crippen LogP contribution in [-0.2, 0) is 65.4 Å². The van der Waals surface area contributed by atoms with Crippen molar-refractivity contribution in [1.29, 1.82) is 0 Å². The molecule has 0 fully saturated rings. The highest BCUT2D eigenvalue weighted by molar-refractivity contribution is 7.47. The van der Waals surface area contributed by atoms with Crippen LogP contribution in [0.25, 0.3) is 0 Å². The Morgan fingerprint density at radius 2 is 0.515 bits per heavy atom. The van der Waals surface area contributed by atoms with Crippen LogP contribution in [0, 0.1) is 17.8 Å². The molecular formula is C80H156O17P2. The predicted molar refractivity (Wildman–Crippen MR) is 405 cm³/mol. The molecular weight excluding hydrogens is 1290 g/mol. The Kier molecular flexibility index (Phi) is 69.0. The van der Waals surface area contributed by atoms with Gasteiger partial charge in [-0.05, 0) is 43.4 Å². The minimum absolute atomic E-state index is 0.104. The number of phosphoric acid groups is 2. The first kappa shape index (κ1) is 97.1. The first-order valence-corrected chi connectivity index (χ1v) is 44.4. The summed E-state index contributed by atoms with van der Waals surface area (Å²) in [5.74, 6) is 0.203. The van der Waals surface area contributed by atoms with Crippen molar-refractivity contribution >= 4 is 39.5 Å². The second-order valence-electron chi connectivity index (χ2n) is 29.8. The Balaban J connectivity index is 5.24. The number of unbranched alkanes of at least 4 members (excludes halogenated alkanes) is 44. The molecule has 0 bridgehead atoms. The fraction of sp³-hybridized carbons (Fsp3) is 0.950. The summed E-state index contributed by atoms with van der Waals surface area (Å²) in [5, 5.41) is 10.6. The second kappa shape index (κ2) is 70.4. The zero-order valence-corrected chi connectivity index (χ0v) is 66.8. The van der Waals surface area contributed by atoms with Crippen LogP contribution in [0.2, 0.25) is 0 Å². The zero-order valence-electron chi connectivity index (χ0n) is 65.0. The van der Waals surface area contributed by atoms with Gasteiger partial charge in [-0.15, -0.1) is 0 Å². The van der Waals surface area contributed by atoms with Crippen molar-refractivity contribution in [1.82, 2.24) is 0 Å². The second-order valence-corrected chi connectivity index (χ2v) is 32.7. The van der Waals surface area contributed by atoms with E-state index in [9.17, 15) is 43.2 Å². The number of carbonyl (C=O) groups excluding carboxylic acids is 4. The molecule has 0 aromatic rings. The molecule has 0 heterocycles. The quantitative estimate of drug-likeness (QED) is 0.0222. The van der Waals surface area contributed by atoms with Crippen molar-refractivity contribution in [2.24, 2.45) is 17.8 Å². The Morgan fingerprint density at radius 1 is 0.293 bits per heavy atom. The average molecular weight is 1450 g/mol. The highest BCUT2D eigenvalue weighted by atomic mass is 31.2. The molecule has 3 N–H and O–H groups in total. The maximum atomic E-state index is 13.1.